The van der Waals surface area contributed by atoms with Crippen LogP contribution in [0.4, 0.5) is 4.39 Å². The second-order valence-corrected chi connectivity index (χ2v) is 8.78. The van der Waals surface area contributed by atoms with E-state index in [4.69, 9.17) is 0 Å². The van der Waals surface area contributed by atoms with Crippen LogP contribution in [-0.4, -0.2) is 30.4 Å². The van der Waals surface area contributed by atoms with Crippen LogP contribution in [0.15, 0.2) is 59.6 Å². The monoisotopic (exact) mass is 372 g/mol. The van der Waals surface area contributed by atoms with Gasteiger partial charge >= 0.3 is 0 Å². The van der Waals surface area contributed by atoms with Crippen molar-refractivity contribution in [3.05, 3.63) is 66.1 Å². The average molecular weight is 372 g/mol. The van der Waals surface area contributed by atoms with Crippen molar-refractivity contribution in [2.24, 2.45) is 7.05 Å². The molecule has 0 radical (unpaired) electrons. The predicted molar refractivity (Wildman–Crippen MR) is 100 cm³/mol. The number of halogens is 1. The Morgan fingerprint density at radius 1 is 1.00 bits per heavy atom. The molecule has 3 aromatic rings. The molecule has 2 aromatic carbocycles. The lowest BCUT2D eigenvalue weighted by molar-refractivity contribution is 0.320. The maximum absolute atomic E-state index is 13.1. The third kappa shape index (κ3) is 2.93. The van der Waals surface area contributed by atoms with Gasteiger partial charge in [-0.2, -0.15) is 4.31 Å². The van der Waals surface area contributed by atoms with Gasteiger partial charge in [-0.25, -0.2) is 12.8 Å². The van der Waals surface area contributed by atoms with E-state index in [1.54, 1.807) is 0 Å². The van der Waals surface area contributed by atoms with Crippen molar-refractivity contribution in [2.75, 3.05) is 13.1 Å². The number of piperidine rings is 1. The van der Waals surface area contributed by atoms with Crippen LogP contribution < -0.4 is 0 Å². The van der Waals surface area contributed by atoms with E-state index in [0.29, 0.717) is 19.0 Å². The van der Waals surface area contributed by atoms with E-state index in [1.807, 2.05) is 19.2 Å². The van der Waals surface area contributed by atoms with E-state index in [0.717, 1.165) is 12.8 Å². The number of aryl methyl sites for hydroxylation is 1. The second-order valence-electron chi connectivity index (χ2n) is 6.84. The van der Waals surface area contributed by atoms with Crippen LogP contribution in [0.3, 0.4) is 0 Å². The Labute approximate surface area is 152 Å². The lowest BCUT2D eigenvalue weighted by atomic mass is 9.90. The summed E-state index contributed by atoms with van der Waals surface area (Å²) in [6.45, 7) is 0.960. The van der Waals surface area contributed by atoms with Crippen molar-refractivity contribution in [1.82, 2.24) is 8.87 Å². The number of fused-ring (bicyclic) bond motifs is 1. The molecule has 1 fully saturated rings. The first-order valence-electron chi connectivity index (χ1n) is 8.76. The summed E-state index contributed by atoms with van der Waals surface area (Å²) in [5.74, 6) is -0.0839. The number of aromatic nitrogens is 1. The van der Waals surface area contributed by atoms with E-state index in [2.05, 4.69) is 22.9 Å². The van der Waals surface area contributed by atoms with Gasteiger partial charge in [-0.1, -0.05) is 18.2 Å². The van der Waals surface area contributed by atoms with Crippen molar-refractivity contribution >= 4 is 20.9 Å². The standard InChI is InChI=1S/C20H21FN2O2S/c1-22-14-19(18-4-2-3-5-20(18)22)15-10-12-23(13-11-15)26(24,25)17-8-6-16(21)7-9-17/h2-9,14-15H,10-13H2,1H3. The Kier molecular flexibility index (Phi) is 4.32. The summed E-state index contributed by atoms with van der Waals surface area (Å²) in [6.07, 6.45) is 3.74. The molecule has 4 rings (SSSR count). The SMILES string of the molecule is Cn1cc(C2CCN(S(=O)(=O)c3ccc(F)cc3)CC2)c2ccccc21. The van der Waals surface area contributed by atoms with Crippen molar-refractivity contribution < 1.29 is 12.8 Å². The molecule has 0 saturated carbocycles. The van der Waals surface area contributed by atoms with E-state index in [-0.39, 0.29) is 4.90 Å². The smallest absolute Gasteiger partial charge is 0.243 e. The predicted octanol–water partition coefficient (Wildman–Crippen LogP) is 3.89. The molecule has 136 valence electrons. The summed E-state index contributed by atoms with van der Waals surface area (Å²) in [7, 11) is -1.52. The van der Waals surface area contributed by atoms with Crippen LogP contribution in [0.2, 0.25) is 0 Å². The zero-order valence-corrected chi connectivity index (χ0v) is 15.4. The Hall–Kier alpha value is -2.18. The number of hydrogen-bond donors (Lipinski definition) is 0. The Balaban J connectivity index is 1.54. The summed E-state index contributed by atoms with van der Waals surface area (Å²) in [6, 6.07) is 13.4. The summed E-state index contributed by atoms with van der Waals surface area (Å²) in [5, 5.41) is 1.25. The minimum Gasteiger partial charge on any atom is -0.350 e. The number of sulfonamides is 1. The number of nitrogens with zero attached hydrogens (tertiary/aromatic N) is 2. The maximum Gasteiger partial charge on any atom is 0.243 e. The molecule has 0 N–H and O–H groups in total. The highest BCUT2D eigenvalue weighted by Gasteiger charge is 2.30. The molecule has 1 saturated heterocycles. The highest BCUT2D eigenvalue weighted by Crippen LogP contribution is 2.35. The zero-order chi connectivity index (χ0) is 18.3. The van der Waals surface area contributed by atoms with Gasteiger partial charge in [0.05, 0.1) is 4.90 Å². The highest BCUT2D eigenvalue weighted by molar-refractivity contribution is 7.89. The molecule has 0 bridgehead atoms. The molecule has 2 heterocycles. The maximum atomic E-state index is 13.1. The summed E-state index contributed by atoms with van der Waals surface area (Å²) >= 11 is 0. The van der Waals surface area contributed by atoms with E-state index >= 15 is 0 Å². The first-order chi connectivity index (χ1) is 12.5. The minimum absolute atomic E-state index is 0.155. The average Bonchev–Trinajstić information content (AvgIpc) is 2.99. The third-order valence-electron chi connectivity index (χ3n) is 5.27. The number of para-hydroxylation sites is 1. The minimum atomic E-state index is -3.56. The van der Waals surface area contributed by atoms with Gasteiger partial charge in [0.1, 0.15) is 5.82 Å². The van der Waals surface area contributed by atoms with Gasteiger partial charge in [-0.3, -0.25) is 0 Å². The molecule has 0 atom stereocenters. The molecule has 0 amide bonds. The van der Waals surface area contributed by atoms with Gasteiger partial charge in [-0.15, -0.1) is 0 Å². The molecule has 1 aliphatic heterocycles. The fourth-order valence-corrected chi connectivity index (χ4v) is 5.33. The topological polar surface area (TPSA) is 42.3 Å². The van der Waals surface area contributed by atoms with Crippen LogP contribution in [0.25, 0.3) is 10.9 Å². The largest absolute Gasteiger partial charge is 0.350 e. The molecule has 0 unspecified atom stereocenters. The van der Waals surface area contributed by atoms with E-state index in [9.17, 15) is 12.8 Å². The van der Waals surface area contributed by atoms with Gasteiger partial charge in [0.25, 0.3) is 0 Å². The molecule has 1 aromatic heterocycles. The van der Waals surface area contributed by atoms with Gasteiger partial charge in [-0.05, 0) is 54.7 Å². The van der Waals surface area contributed by atoms with Gasteiger partial charge in [0.2, 0.25) is 10.0 Å². The van der Waals surface area contributed by atoms with E-state index < -0.39 is 15.8 Å². The molecule has 0 spiro atoms. The fraction of sp³-hybridized carbons (Fsp3) is 0.300. The number of benzene rings is 2. The summed E-state index contributed by atoms with van der Waals surface area (Å²) in [5.41, 5.74) is 2.49. The van der Waals surface area contributed by atoms with Gasteiger partial charge in [0.15, 0.2) is 0 Å². The van der Waals surface area contributed by atoms with Gasteiger partial charge in [0, 0.05) is 37.2 Å². The quantitative estimate of drug-likeness (QED) is 0.700. The molecule has 1 aliphatic rings. The Morgan fingerprint density at radius 3 is 2.35 bits per heavy atom. The van der Waals surface area contributed by atoms with E-state index in [1.165, 1.54) is 45.0 Å². The first kappa shape index (κ1) is 17.2. The van der Waals surface area contributed by atoms with Crippen LogP contribution in [0.1, 0.15) is 24.3 Å². The Morgan fingerprint density at radius 2 is 1.65 bits per heavy atom. The molecule has 26 heavy (non-hydrogen) atoms. The molecule has 6 heteroatoms. The van der Waals surface area contributed by atoms with Crippen LogP contribution in [0.5, 0.6) is 0 Å². The summed E-state index contributed by atoms with van der Waals surface area (Å²) < 4.78 is 42.2. The second kappa shape index (κ2) is 6.52. The third-order valence-corrected chi connectivity index (χ3v) is 7.19. The lowest BCUT2D eigenvalue weighted by Crippen LogP contribution is -2.37. The highest BCUT2D eigenvalue weighted by atomic mass is 32.2. The molecular formula is C20H21FN2O2S. The number of rotatable bonds is 3. The Bertz CT molecular complexity index is 1030. The lowest BCUT2D eigenvalue weighted by Gasteiger charge is -2.31. The van der Waals surface area contributed by atoms with Crippen molar-refractivity contribution in [3.63, 3.8) is 0 Å². The van der Waals surface area contributed by atoms with Crippen molar-refractivity contribution in [3.8, 4) is 0 Å². The summed E-state index contributed by atoms with van der Waals surface area (Å²) in [4.78, 5) is 0.155. The normalized spacial score (nSPS) is 17.0. The molecule has 4 nitrogen and oxygen atoms in total. The van der Waals surface area contributed by atoms with Crippen molar-refractivity contribution in [2.45, 2.75) is 23.7 Å². The molecule has 0 aliphatic carbocycles. The zero-order valence-electron chi connectivity index (χ0n) is 14.6. The van der Waals surface area contributed by atoms with Gasteiger partial charge < -0.3 is 4.57 Å². The van der Waals surface area contributed by atoms with Crippen LogP contribution in [0, 0.1) is 5.82 Å². The number of hydrogen-bond acceptors (Lipinski definition) is 2. The van der Waals surface area contributed by atoms with Crippen molar-refractivity contribution in [1.29, 1.82) is 0 Å². The van der Waals surface area contributed by atoms with Crippen LogP contribution >= 0.6 is 0 Å². The first-order valence-corrected chi connectivity index (χ1v) is 10.2. The van der Waals surface area contributed by atoms with Crippen LogP contribution in [-0.2, 0) is 17.1 Å². The fourth-order valence-electron chi connectivity index (χ4n) is 3.86. The molecular weight excluding hydrogens is 351 g/mol.